The molecule has 4 aromatic rings. The van der Waals surface area contributed by atoms with Crippen LogP contribution in [0.15, 0.2) is 46.6 Å². The molecule has 0 spiro atoms. The number of azo groups is 1. The number of hydrogen-bond acceptors (Lipinski definition) is 8. The van der Waals surface area contributed by atoms with Crippen molar-refractivity contribution in [2.75, 3.05) is 12.4 Å². The smallest absolute Gasteiger partial charge is 0.232 e. The second-order valence-electron chi connectivity index (χ2n) is 7.42. The molecule has 0 amide bonds. The lowest BCUT2D eigenvalue weighted by Gasteiger charge is -2.14. The highest BCUT2D eigenvalue weighted by molar-refractivity contribution is 6.31. The summed E-state index contributed by atoms with van der Waals surface area (Å²) in [6.07, 6.45) is 0. The third-order valence-corrected chi connectivity index (χ3v) is 5.49. The molecule has 0 fully saturated rings. The summed E-state index contributed by atoms with van der Waals surface area (Å²) >= 11 is 11.7. The van der Waals surface area contributed by atoms with Gasteiger partial charge in [-0.05, 0) is 96.4 Å². The highest BCUT2D eigenvalue weighted by Crippen LogP contribution is 2.42. The zero-order chi connectivity index (χ0) is 23.7. The Morgan fingerprint density at radius 3 is 2.33 bits per heavy atom. The van der Waals surface area contributed by atoms with Crippen LogP contribution in [0.2, 0.25) is 10.6 Å². The molecule has 0 saturated heterocycles. The lowest BCUT2D eigenvalue weighted by Crippen LogP contribution is -2.01. The number of aromatic hydroxyl groups is 1. The fraction of sp³-hybridized carbons (Fsp3) is 0.174. The van der Waals surface area contributed by atoms with E-state index in [0.29, 0.717) is 22.5 Å². The van der Waals surface area contributed by atoms with E-state index in [1.165, 1.54) is 0 Å². The number of phenolic OH excluding ortho intramolecular Hbond substituents is 1. The van der Waals surface area contributed by atoms with Gasteiger partial charge in [0.2, 0.25) is 16.5 Å². The first-order valence-corrected chi connectivity index (χ1v) is 10.7. The molecule has 0 aliphatic carbocycles. The number of hydrogen-bond donors (Lipinski definition) is 2. The van der Waals surface area contributed by atoms with Crippen LogP contribution in [0.1, 0.15) is 16.7 Å². The van der Waals surface area contributed by atoms with Crippen molar-refractivity contribution in [3.63, 3.8) is 0 Å². The fourth-order valence-corrected chi connectivity index (χ4v) is 3.83. The van der Waals surface area contributed by atoms with Gasteiger partial charge in [0.1, 0.15) is 17.1 Å². The summed E-state index contributed by atoms with van der Waals surface area (Å²) < 4.78 is 5.36. The predicted octanol–water partition coefficient (Wildman–Crippen LogP) is 7.13. The zero-order valence-corrected chi connectivity index (χ0v) is 19.8. The van der Waals surface area contributed by atoms with Crippen LogP contribution in [0, 0.1) is 20.8 Å². The third-order valence-electron chi connectivity index (χ3n) is 5.15. The van der Waals surface area contributed by atoms with Crippen LogP contribution < -0.4 is 10.1 Å². The summed E-state index contributed by atoms with van der Waals surface area (Å²) in [4.78, 5) is 11.8. The van der Waals surface area contributed by atoms with E-state index in [-0.39, 0.29) is 22.3 Å². The Morgan fingerprint density at radius 2 is 1.64 bits per heavy atom. The molecule has 1 heterocycles. The van der Waals surface area contributed by atoms with E-state index in [9.17, 15) is 5.11 Å². The lowest BCUT2D eigenvalue weighted by atomic mass is 9.99. The van der Waals surface area contributed by atoms with Gasteiger partial charge in [-0.15, -0.1) is 10.2 Å². The summed E-state index contributed by atoms with van der Waals surface area (Å²) in [6.45, 7) is 5.75. The average Bonchev–Trinajstić information content (AvgIpc) is 2.75. The van der Waals surface area contributed by atoms with E-state index in [1.807, 2.05) is 51.1 Å². The Balaban J connectivity index is 1.75. The largest absolute Gasteiger partial charge is 0.505 e. The molecule has 0 bridgehead atoms. The summed E-state index contributed by atoms with van der Waals surface area (Å²) in [7, 11) is 1.58. The zero-order valence-electron chi connectivity index (χ0n) is 18.3. The predicted molar refractivity (Wildman–Crippen MR) is 130 cm³/mol. The molecule has 0 saturated carbocycles. The highest BCUT2D eigenvalue weighted by atomic mass is 35.5. The summed E-state index contributed by atoms with van der Waals surface area (Å²) in [5.74, 6) is 0.870. The number of nitrogens with zero attached hydrogens (tertiary/aromatic N) is 5. The summed E-state index contributed by atoms with van der Waals surface area (Å²) in [6, 6.07) is 11.2. The van der Waals surface area contributed by atoms with Gasteiger partial charge in [0.05, 0.1) is 7.11 Å². The molecule has 0 radical (unpaired) electrons. The lowest BCUT2D eigenvalue weighted by molar-refractivity contribution is 0.415. The molecular formula is C23H20Cl2N6O2. The SMILES string of the molecule is COc1ccc(C)cc1N=Nc1c(C)cc2c(C)c(Nc3nc(Cl)nc(Cl)n3)ccc2c1O. The second-order valence-corrected chi connectivity index (χ2v) is 8.10. The van der Waals surface area contributed by atoms with Crippen LogP contribution in [0.3, 0.4) is 0 Å². The Hall–Kier alpha value is -3.49. The standard InChI is InChI=1S/C23H20Cl2N6O2/c1-11-5-8-18(33-4)17(9-11)30-31-19-12(2)10-15-13(3)16(7-6-14(15)20(19)32)26-23-28-21(24)27-22(25)29-23/h5-10,32H,1-4H3,(H,26,27,28,29). The molecular weight excluding hydrogens is 463 g/mol. The van der Waals surface area contributed by atoms with Crippen LogP contribution in [-0.4, -0.2) is 27.2 Å². The number of ether oxygens (including phenoxy) is 1. The minimum absolute atomic E-state index is 0.00956. The Bertz CT molecular complexity index is 1390. The number of nitrogens with one attached hydrogen (secondary N) is 1. The van der Waals surface area contributed by atoms with E-state index in [2.05, 4.69) is 30.5 Å². The second kappa shape index (κ2) is 9.17. The van der Waals surface area contributed by atoms with Gasteiger partial charge in [-0.3, -0.25) is 0 Å². The van der Waals surface area contributed by atoms with Crippen LogP contribution in [0.25, 0.3) is 10.8 Å². The van der Waals surface area contributed by atoms with Gasteiger partial charge in [-0.1, -0.05) is 6.07 Å². The molecule has 4 rings (SSSR count). The van der Waals surface area contributed by atoms with Gasteiger partial charge >= 0.3 is 0 Å². The van der Waals surface area contributed by atoms with Crippen LogP contribution in [-0.2, 0) is 0 Å². The maximum Gasteiger partial charge on any atom is 0.232 e. The van der Waals surface area contributed by atoms with Crippen molar-refractivity contribution in [1.29, 1.82) is 0 Å². The molecule has 8 nitrogen and oxygen atoms in total. The Labute approximate surface area is 200 Å². The number of phenols is 1. The minimum Gasteiger partial charge on any atom is -0.505 e. The summed E-state index contributed by atoms with van der Waals surface area (Å²) in [5.41, 5.74) is 4.38. The van der Waals surface area contributed by atoms with Crippen molar-refractivity contribution in [3.8, 4) is 11.5 Å². The van der Waals surface area contributed by atoms with E-state index < -0.39 is 0 Å². The molecule has 1 aromatic heterocycles. The molecule has 0 aliphatic heterocycles. The van der Waals surface area contributed by atoms with Crippen molar-refractivity contribution >= 4 is 57.0 Å². The first-order valence-electron chi connectivity index (χ1n) is 9.93. The number of aromatic nitrogens is 3. The molecule has 2 N–H and O–H groups in total. The number of anilines is 2. The first kappa shape index (κ1) is 22.7. The van der Waals surface area contributed by atoms with Crippen molar-refractivity contribution in [2.24, 2.45) is 10.2 Å². The molecule has 0 atom stereocenters. The molecule has 0 unspecified atom stereocenters. The third kappa shape index (κ3) is 4.67. The van der Waals surface area contributed by atoms with Gasteiger partial charge < -0.3 is 15.2 Å². The summed E-state index contributed by atoms with van der Waals surface area (Å²) in [5, 5.41) is 24.2. The topological polar surface area (TPSA) is 105 Å². The van der Waals surface area contributed by atoms with E-state index in [1.54, 1.807) is 13.2 Å². The van der Waals surface area contributed by atoms with E-state index in [4.69, 9.17) is 27.9 Å². The Kier molecular flexibility index (Phi) is 6.31. The van der Waals surface area contributed by atoms with Crippen molar-refractivity contribution in [1.82, 2.24) is 15.0 Å². The molecule has 0 aliphatic rings. The fourth-order valence-electron chi connectivity index (χ4n) is 3.47. The van der Waals surface area contributed by atoms with Gasteiger partial charge in [0.25, 0.3) is 0 Å². The minimum atomic E-state index is -0.00956. The van der Waals surface area contributed by atoms with Crippen molar-refractivity contribution < 1.29 is 9.84 Å². The van der Waals surface area contributed by atoms with Crippen LogP contribution in [0.4, 0.5) is 23.0 Å². The molecule has 33 heavy (non-hydrogen) atoms. The number of aryl methyl sites for hydroxylation is 3. The number of benzene rings is 3. The number of halogens is 2. The highest BCUT2D eigenvalue weighted by Gasteiger charge is 2.15. The number of rotatable bonds is 5. The van der Waals surface area contributed by atoms with Crippen LogP contribution >= 0.6 is 23.2 Å². The molecule has 10 heteroatoms. The van der Waals surface area contributed by atoms with Gasteiger partial charge in [-0.2, -0.15) is 15.0 Å². The number of methoxy groups -OCH3 is 1. The Morgan fingerprint density at radius 1 is 0.909 bits per heavy atom. The van der Waals surface area contributed by atoms with E-state index in [0.717, 1.165) is 27.8 Å². The maximum atomic E-state index is 11.0. The van der Waals surface area contributed by atoms with Gasteiger partial charge in [0, 0.05) is 11.1 Å². The monoisotopic (exact) mass is 482 g/mol. The van der Waals surface area contributed by atoms with Gasteiger partial charge in [-0.25, -0.2) is 0 Å². The average molecular weight is 483 g/mol. The normalized spacial score (nSPS) is 11.3. The maximum absolute atomic E-state index is 11.0. The first-order chi connectivity index (χ1) is 15.8. The van der Waals surface area contributed by atoms with E-state index >= 15 is 0 Å². The van der Waals surface area contributed by atoms with Crippen molar-refractivity contribution in [3.05, 3.63) is 63.7 Å². The quantitative estimate of drug-likeness (QED) is 0.293. The molecule has 3 aromatic carbocycles. The number of fused-ring (bicyclic) bond motifs is 1. The molecule has 168 valence electrons. The van der Waals surface area contributed by atoms with Crippen molar-refractivity contribution in [2.45, 2.75) is 20.8 Å². The van der Waals surface area contributed by atoms with Crippen LogP contribution in [0.5, 0.6) is 11.5 Å². The van der Waals surface area contributed by atoms with Gasteiger partial charge in [0.15, 0.2) is 5.75 Å².